The Morgan fingerprint density at radius 1 is 1.50 bits per heavy atom. The Hall–Kier alpha value is -0.250. The first-order valence-corrected chi connectivity index (χ1v) is 2.16. The molecule has 0 aromatic heterocycles. The lowest BCUT2D eigenvalue weighted by Gasteiger charge is -2.06. The molecule has 0 aromatic carbocycles. The molecule has 0 aromatic rings. The van der Waals surface area contributed by atoms with Gasteiger partial charge in [0.1, 0.15) is 0 Å². The van der Waals surface area contributed by atoms with E-state index in [4.69, 9.17) is 5.11 Å². The molecule has 0 saturated carbocycles. The van der Waals surface area contributed by atoms with Crippen LogP contribution in [0.25, 0.3) is 0 Å². The second-order valence-corrected chi connectivity index (χ2v) is 1.67. The molecule has 0 aliphatic carbocycles. The van der Waals surface area contributed by atoms with E-state index in [9.17, 15) is 13.2 Å². The predicted octanol–water partition coefficient (Wildman–Crippen LogP) is 1.32. The van der Waals surface area contributed by atoms with Gasteiger partial charge in [0.05, 0.1) is 12.5 Å². The molecule has 0 aliphatic heterocycles. The molecule has 4 heteroatoms. The van der Waals surface area contributed by atoms with Crippen LogP contribution < -0.4 is 0 Å². The van der Waals surface area contributed by atoms with Crippen LogP contribution in [0.4, 0.5) is 13.2 Å². The average molecular weight is 128 g/mol. The van der Waals surface area contributed by atoms with Gasteiger partial charge < -0.3 is 5.11 Å². The van der Waals surface area contributed by atoms with Crippen molar-refractivity contribution in [2.75, 3.05) is 0 Å². The maximum atomic E-state index is 11.1. The van der Waals surface area contributed by atoms with E-state index in [2.05, 4.69) is 0 Å². The molecule has 0 bridgehead atoms. The summed E-state index contributed by atoms with van der Waals surface area (Å²) in [4.78, 5) is 0. The standard InChI is InChI=1S/C4H7F3O/c1-3(8)2-4(5,6)7/h3,8H,2H2,1H3. The fourth-order valence-electron chi connectivity index (χ4n) is 0.335. The van der Waals surface area contributed by atoms with Gasteiger partial charge in [-0.1, -0.05) is 0 Å². The van der Waals surface area contributed by atoms with Crippen LogP contribution in [0.2, 0.25) is 0 Å². The zero-order valence-corrected chi connectivity index (χ0v) is 4.37. The fraction of sp³-hybridized carbons (Fsp3) is 1.00. The zero-order valence-electron chi connectivity index (χ0n) is 4.37. The van der Waals surface area contributed by atoms with Crippen LogP contribution in [0.1, 0.15) is 13.3 Å². The van der Waals surface area contributed by atoms with E-state index in [0.29, 0.717) is 0 Å². The third-order valence-electron chi connectivity index (χ3n) is 0.527. The van der Waals surface area contributed by atoms with Crippen molar-refractivity contribution in [2.45, 2.75) is 25.6 Å². The number of rotatable bonds is 1. The summed E-state index contributed by atoms with van der Waals surface area (Å²) in [6.07, 6.45) is -6.63. The van der Waals surface area contributed by atoms with Gasteiger partial charge in [-0.3, -0.25) is 0 Å². The van der Waals surface area contributed by atoms with Gasteiger partial charge in [0, 0.05) is 0 Å². The largest absolute Gasteiger partial charge is 0.393 e. The van der Waals surface area contributed by atoms with Crippen LogP contribution in [0.5, 0.6) is 0 Å². The molecule has 1 atom stereocenters. The van der Waals surface area contributed by atoms with Crippen LogP contribution in [-0.4, -0.2) is 17.4 Å². The molecule has 50 valence electrons. The highest BCUT2D eigenvalue weighted by Crippen LogP contribution is 2.20. The maximum Gasteiger partial charge on any atom is 0.391 e. The molecule has 0 saturated heterocycles. The highest BCUT2D eigenvalue weighted by molar-refractivity contribution is 4.54. The van der Waals surface area contributed by atoms with Crippen molar-refractivity contribution in [3.05, 3.63) is 0 Å². The summed E-state index contributed by atoms with van der Waals surface area (Å²) in [5.41, 5.74) is 0. The van der Waals surface area contributed by atoms with Gasteiger partial charge in [0.25, 0.3) is 0 Å². The van der Waals surface area contributed by atoms with E-state index in [1.54, 1.807) is 0 Å². The first-order chi connectivity index (χ1) is 3.42. The SMILES string of the molecule is CC(O)CC(F)(F)F. The monoisotopic (exact) mass is 128 g/mol. The number of alkyl halides is 3. The lowest BCUT2D eigenvalue weighted by Crippen LogP contribution is -2.15. The number of aliphatic hydroxyl groups excluding tert-OH is 1. The summed E-state index contributed by atoms with van der Waals surface area (Å²) in [6.45, 7) is 1.10. The fourth-order valence-corrected chi connectivity index (χ4v) is 0.335. The summed E-state index contributed by atoms with van der Waals surface area (Å²) < 4.78 is 33.4. The summed E-state index contributed by atoms with van der Waals surface area (Å²) in [5, 5.41) is 8.17. The van der Waals surface area contributed by atoms with Gasteiger partial charge in [0.2, 0.25) is 0 Å². The van der Waals surface area contributed by atoms with Crippen molar-refractivity contribution in [3.8, 4) is 0 Å². The highest BCUT2D eigenvalue weighted by Gasteiger charge is 2.28. The Balaban J connectivity index is 3.39. The van der Waals surface area contributed by atoms with Crippen LogP contribution in [0, 0.1) is 0 Å². The molecule has 0 aliphatic rings. The van der Waals surface area contributed by atoms with Crippen molar-refractivity contribution in [1.29, 1.82) is 0 Å². The van der Waals surface area contributed by atoms with Gasteiger partial charge in [-0.15, -0.1) is 0 Å². The summed E-state index contributed by atoms with van der Waals surface area (Å²) in [6, 6.07) is 0. The van der Waals surface area contributed by atoms with Crippen molar-refractivity contribution < 1.29 is 18.3 Å². The minimum Gasteiger partial charge on any atom is -0.393 e. The molecule has 0 radical (unpaired) electrons. The molecule has 0 spiro atoms. The lowest BCUT2D eigenvalue weighted by molar-refractivity contribution is -0.151. The Morgan fingerprint density at radius 2 is 1.88 bits per heavy atom. The molecule has 0 heterocycles. The maximum absolute atomic E-state index is 11.1. The summed E-state index contributed by atoms with van der Waals surface area (Å²) in [5.74, 6) is 0. The third kappa shape index (κ3) is 5.75. The second kappa shape index (κ2) is 2.35. The Labute approximate surface area is 45.1 Å². The summed E-state index contributed by atoms with van der Waals surface area (Å²) in [7, 11) is 0. The van der Waals surface area contributed by atoms with Crippen molar-refractivity contribution in [1.82, 2.24) is 0 Å². The van der Waals surface area contributed by atoms with Gasteiger partial charge in [0.15, 0.2) is 0 Å². The van der Waals surface area contributed by atoms with E-state index in [1.165, 1.54) is 0 Å². The van der Waals surface area contributed by atoms with E-state index in [0.717, 1.165) is 6.92 Å². The van der Waals surface area contributed by atoms with E-state index in [1.807, 2.05) is 0 Å². The van der Waals surface area contributed by atoms with Gasteiger partial charge in [-0.2, -0.15) is 13.2 Å². The number of aliphatic hydroxyl groups is 1. The molecule has 0 fully saturated rings. The number of hydrogen-bond acceptors (Lipinski definition) is 1. The van der Waals surface area contributed by atoms with E-state index < -0.39 is 18.7 Å². The van der Waals surface area contributed by atoms with Gasteiger partial charge in [-0.05, 0) is 6.92 Å². The van der Waals surface area contributed by atoms with E-state index in [-0.39, 0.29) is 0 Å². The molecule has 1 nitrogen and oxygen atoms in total. The van der Waals surface area contributed by atoms with Crippen LogP contribution in [-0.2, 0) is 0 Å². The molecule has 0 rings (SSSR count). The topological polar surface area (TPSA) is 20.2 Å². The van der Waals surface area contributed by atoms with Gasteiger partial charge in [-0.25, -0.2) is 0 Å². The molecular weight excluding hydrogens is 121 g/mol. The first kappa shape index (κ1) is 7.75. The van der Waals surface area contributed by atoms with Crippen LogP contribution in [0.3, 0.4) is 0 Å². The molecule has 8 heavy (non-hydrogen) atoms. The smallest absolute Gasteiger partial charge is 0.391 e. The molecule has 0 amide bonds. The third-order valence-corrected chi connectivity index (χ3v) is 0.527. The molecule has 1 unspecified atom stereocenters. The predicted molar refractivity (Wildman–Crippen MR) is 22.4 cm³/mol. The molecule has 1 N–H and O–H groups in total. The van der Waals surface area contributed by atoms with E-state index >= 15 is 0 Å². The lowest BCUT2D eigenvalue weighted by atomic mass is 10.3. The molecular formula is C4H7F3O. The van der Waals surface area contributed by atoms with Crippen molar-refractivity contribution in [3.63, 3.8) is 0 Å². The minimum absolute atomic E-state index is 1.10. The minimum atomic E-state index is -4.23. The second-order valence-electron chi connectivity index (χ2n) is 1.67. The Morgan fingerprint density at radius 3 is 1.88 bits per heavy atom. The zero-order chi connectivity index (χ0) is 6.78. The highest BCUT2D eigenvalue weighted by atomic mass is 19.4. The Bertz CT molecular complexity index is 66.2. The number of halogens is 3. The normalized spacial score (nSPS) is 16.1. The Kier molecular flexibility index (Phi) is 2.27. The van der Waals surface area contributed by atoms with Crippen LogP contribution >= 0.6 is 0 Å². The van der Waals surface area contributed by atoms with Gasteiger partial charge >= 0.3 is 6.18 Å². The average Bonchev–Trinajstić information content (AvgIpc) is 1.21. The first-order valence-electron chi connectivity index (χ1n) is 2.16. The number of hydrogen-bond donors (Lipinski definition) is 1. The summed E-state index contributed by atoms with van der Waals surface area (Å²) >= 11 is 0. The quantitative estimate of drug-likeness (QED) is 0.564. The van der Waals surface area contributed by atoms with Crippen molar-refractivity contribution >= 4 is 0 Å². The van der Waals surface area contributed by atoms with Crippen LogP contribution in [0.15, 0.2) is 0 Å². The van der Waals surface area contributed by atoms with Crippen molar-refractivity contribution in [2.24, 2.45) is 0 Å².